The van der Waals surface area contributed by atoms with Crippen LogP contribution in [0.5, 0.6) is 0 Å². The van der Waals surface area contributed by atoms with Gasteiger partial charge in [-0.1, -0.05) is 6.07 Å². The van der Waals surface area contributed by atoms with Crippen molar-refractivity contribution in [3.8, 4) is 0 Å². The first-order chi connectivity index (χ1) is 13.1. The highest BCUT2D eigenvalue weighted by molar-refractivity contribution is 7.10. The van der Waals surface area contributed by atoms with Gasteiger partial charge in [0.05, 0.1) is 12.2 Å². The van der Waals surface area contributed by atoms with Gasteiger partial charge in [0.1, 0.15) is 0 Å². The molecule has 0 spiro atoms. The lowest BCUT2D eigenvalue weighted by Gasteiger charge is -2.35. The molecule has 5 nitrogen and oxygen atoms in total. The van der Waals surface area contributed by atoms with Gasteiger partial charge in [0, 0.05) is 29.6 Å². The fourth-order valence-electron chi connectivity index (χ4n) is 3.72. The Kier molecular flexibility index (Phi) is 5.49. The van der Waals surface area contributed by atoms with Gasteiger partial charge < -0.3 is 5.32 Å². The van der Waals surface area contributed by atoms with E-state index in [2.05, 4.69) is 38.6 Å². The van der Waals surface area contributed by atoms with Crippen LogP contribution in [0.15, 0.2) is 35.7 Å². The highest BCUT2D eigenvalue weighted by atomic mass is 32.1. The van der Waals surface area contributed by atoms with Crippen molar-refractivity contribution in [3.05, 3.63) is 57.8 Å². The SMILES string of the molecule is O=C(NC1CCN(C2CC(c3cccs3)NN2)CC1)c1ccc(F)c(F)c1. The maximum absolute atomic E-state index is 13.3. The Morgan fingerprint density at radius 3 is 2.67 bits per heavy atom. The molecule has 2 fully saturated rings. The van der Waals surface area contributed by atoms with E-state index in [1.165, 1.54) is 10.9 Å². The molecule has 0 bridgehead atoms. The predicted octanol–water partition coefficient (Wildman–Crippen LogP) is 2.79. The molecule has 8 heteroatoms. The Labute approximate surface area is 160 Å². The summed E-state index contributed by atoms with van der Waals surface area (Å²) in [5, 5.41) is 5.02. The van der Waals surface area contributed by atoms with Crippen LogP contribution in [-0.2, 0) is 0 Å². The van der Waals surface area contributed by atoms with Crippen LogP contribution < -0.4 is 16.2 Å². The van der Waals surface area contributed by atoms with Crippen molar-refractivity contribution < 1.29 is 13.6 Å². The summed E-state index contributed by atoms with van der Waals surface area (Å²) in [6.45, 7) is 1.75. The number of benzene rings is 1. The smallest absolute Gasteiger partial charge is 0.251 e. The average Bonchev–Trinajstić information content (AvgIpc) is 3.36. The Bertz CT molecular complexity index is 793. The number of carbonyl (C=O) groups excluding carboxylic acids is 1. The van der Waals surface area contributed by atoms with Gasteiger partial charge in [-0.05, 0) is 48.9 Å². The molecule has 2 aliphatic rings. The van der Waals surface area contributed by atoms with Crippen molar-refractivity contribution in [1.29, 1.82) is 0 Å². The highest BCUT2D eigenvalue weighted by Gasteiger charge is 2.32. The molecule has 4 rings (SSSR count). The van der Waals surface area contributed by atoms with Crippen LogP contribution in [0.3, 0.4) is 0 Å². The number of rotatable bonds is 4. The summed E-state index contributed by atoms with van der Waals surface area (Å²) in [5.74, 6) is -2.30. The van der Waals surface area contributed by atoms with Gasteiger partial charge in [0.25, 0.3) is 5.91 Å². The van der Waals surface area contributed by atoms with E-state index in [0.717, 1.165) is 44.5 Å². The first-order valence-electron chi connectivity index (χ1n) is 9.14. The lowest BCUT2D eigenvalue weighted by atomic mass is 10.0. The van der Waals surface area contributed by atoms with Crippen LogP contribution in [0.2, 0.25) is 0 Å². The Balaban J connectivity index is 1.26. The van der Waals surface area contributed by atoms with Crippen molar-refractivity contribution in [2.75, 3.05) is 13.1 Å². The normalized spacial score (nSPS) is 24.2. The van der Waals surface area contributed by atoms with Crippen LogP contribution in [-0.4, -0.2) is 36.1 Å². The standard InChI is InChI=1S/C19H22F2N4OS/c20-14-4-3-12(10-15(14)21)19(26)22-13-5-7-25(8-6-13)18-11-16(23-24-18)17-2-1-9-27-17/h1-4,9-10,13,16,18,23-24H,5-8,11H2,(H,22,26). The minimum atomic E-state index is -1.00. The molecule has 144 valence electrons. The van der Waals surface area contributed by atoms with Crippen LogP contribution >= 0.6 is 11.3 Å². The van der Waals surface area contributed by atoms with E-state index in [1.54, 1.807) is 11.3 Å². The van der Waals surface area contributed by atoms with Gasteiger partial charge in [-0.15, -0.1) is 11.3 Å². The second-order valence-corrected chi connectivity index (χ2v) is 8.00. The molecule has 1 amide bonds. The summed E-state index contributed by atoms with van der Waals surface area (Å²) in [7, 11) is 0. The quantitative estimate of drug-likeness (QED) is 0.749. The molecule has 0 saturated carbocycles. The summed E-state index contributed by atoms with van der Waals surface area (Å²) in [6.07, 6.45) is 2.95. The number of nitrogens with one attached hydrogen (secondary N) is 3. The van der Waals surface area contributed by atoms with Crippen molar-refractivity contribution in [3.63, 3.8) is 0 Å². The van der Waals surface area contributed by atoms with E-state index in [9.17, 15) is 13.6 Å². The van der Waals surface area contributed by atoms with Gasteiger partial charge >= 0.3 is 0 Å². The molecule has 2 atom stereocenters. The summed E-state index contributed by atoms with van der Waals surface area (Å²) in [6, 6.07) is 7.82. The number of amides is 1. The van der Waals surface area contributed by atoms with Gasteiger partial charge in [0.2, 0.25) is 0 Å². The zero-order valence-electron chi connectivity index (χ0n) is 14.8. The number of halogens is 2. The number of thiophene rings is 1. The zero-order chi connectivity index (χ0) is 18.8. The molecular formula is C19H22F2N4OS. The molecule has 2 saturated heterocycles. The molecule has 1 aromatic carbocycles. The minimum Gasteiger partial charge on any atom is -0.349 e. The van der Waals surface area contributed by atoms with E-state index in [0.29, 0.717) is 6.04 Å². The first kappa shape index (κ1) is 18.5. The van der Waals surface area contributed by atoms with Gasteiger partial charge in [-0.2, -0.15) is 0 Å². The van der Waals surface area contributed by atoms with Crippen molar-refractivity contribution in [2.24, 2.45) is 0 Å². The number of piperidine rings is 1. The molecule has 0 aliphatic carbocycles. The van der Waals surface area contributed by atoms with Gasteiger partial charge in [-0.25, -0.2) is 19.6 Å². The third-order valence-corrected chi connectivity index (χ3v) is 6.24. The van der Waals surface area contributed by atoms with Crippen LogP contribution in [0.1, 0.15) is 40.5 Å². The highest BCUT2D eigenvalue weighted by Crippen LogP contribution is 2.28. The molecule has 2 aliphatic heterocycles. The minimum absolute atomic E-state index is 0.0457. The number of carbonyl (C=O) groups is 1. The maximum atomic E-state index is 13.3. The number of nitrogens with zero attached hydrogens (tertiary/aromatic N) is 1. The molecule has 27 heavy (non-hydrogen) atoms. The second kappa shape index (κ2) is 8.02. The van der Waals surface area contributed by atoms with E-state index < -0.39 is 11.6 Å². The Morgan fingerprint density at radius 2 is 1.96 bits per heavy atom. The van der Waals surface area contributed by atoms with E-state index in [1.807, 2.05) is 0 Å². The molecule has 2 unspecified atom stereocenters. The molecule has 3 heterocycles. The third kappa shape index (κ3) is 4.19. The number of hydrazine groups is 1. The van der Waals surface area contributed by atoms with Gasteiger partial charge in [0.15, 0.2) is 11.6 Å². The Morgan fingerprint density at radius 1 is 1.15 bits per heavy atom. The molecule has 2 aromatic rings. The molecular weight excluding hydrogens is 370 g/mol. The van der Waals surface area contributed by atoms with Crippen LogP contribution in [0.25, 0.3) is 0 Å². The summed E-state index contributed by atoms with van der Waals surface area (Å²) < 4.78 is 26.3. The lowest BCUT2D eigenvalue weighted by molar-refractivity contribution is 0.0879. The molecule has 0 radical (unpaired) electrons. The van der Waals surface area contributed by atoms with E-state index in [4.69, 9.17) is 0 Å². The topological polar surface area (TPSA) is 56.4 Å². The van der Waals surface area contributed by atoms with E-state index >= 15 is 0 Å². The average molecular weight is 392 g/mol. The number of hydrogen-bond donors (Lipinski definition) is 3. The Hall–Kier alpha value is -1.87. The number of likely N-dealkylation sites (tertiary alicyclic amines) is 1. The summed E-state index contributed by atoms with van der Waals surface area (Å²) in [4.78, 5) is 16.0. The molecule has 3 N–H and O–H groups in total. The number of hydrogen-bond acceptors (Lipinski definition) is 5. The fraction of sp³-hybridized carbons (Fsp3) is 0.421. The van der Waals surface area contributed by atoms with Crippen LogP contribution in [0.4, 0.5) is 8.78 Å². The lowest BCUT2D eigenvalue weighted by Crippen LogP contribution is -2.51. The monoisotopic (exact) mass is 392 g/mol. The first-order valence-corrected chi connectivity index (χ1v) is 10.0. The van der Waals surface area contributed by atoms with Crippen molar-refractivity contribution in [2.45, 2.75) is 37.5 Å². The van der Waals surface area contributed by atoms with Crippen LogP contribution in [0, 0.1) is 11.6 Å². The zero-order valence-corrected chi connectivity index (χ0v) is 15.6. The second-order valence-electron chi connectivity index (χ2n) is 7.02. The predicted molar refractivity (Wildman–Crippen MR) is 100 cm³/mol. The molecule has 1 aromatic heterocycles. The van der Waals surface area contributed by atoms with Crippen molar-refractivity contribution in [1.82, 2.24) is 21.1 Å². The fourth-order valence-corrected chi connectivity index (χ4v) is 4.51. The van der Waals surface area contributed by atoms with E-state index in [-0.39, 0.29) is 23.7 Å². The van der Waals surface area contributed by atoms with Gasteiger partial charge in [-0.3, -0.25) is 9.69 Å². The summed E-state index contributed by atoms with van der Waals surface area (Å²) >= 11 is 1.76. The van der Waals surface area contributed by atoms with Crippen molar-refractivity contribution >= 4 is 17.2 Å². The maximum Gasteiger partial charge on any atom is 0.251 e. The summed E-state index contributed by atoms with van der Waals surface area (Å²) in [5.41, 5.74) is 6.89. The largest absolute Gasteiger partial charge is 0.349 e. The third-order valence-electron chi connectivity index (χ3n) is 5.26.